The predicted molar refractivity (Wildman–Crippen MR) is 98.3 cm³/mol. The van der Waals surface area contributed by atoms with Gasteiger partial charge >= 0.3 is 0 Å². The Bertz CT molecular complexity index is 694. The molecule has 1 aliphatic rings. The summed E-state index contributed by atoms with van der Waals surface area (Å²) >= 11 is 8.66. The van der Waals surface area contributed by atoms with Crippen LogP contribution in [0.4, 0.5) is 0 Å². The van der Waals surface area contributed by atoms with Crippen molar-refractivity contribution < 1.29 is 9.59 Å². The first kappa shape index (κ1) is 17.4. The fourth-order valence-corrected chi connectivity index (χ4v) is 4.18. The second kappa shape index (κ2) is 8.11. The molecule has 0 radical (unpaired) electrons. The number of carbonyl (C=O) groups is 2. The molecule has 0 aliphatic carbocycles. The Morgan fingerprint density at radius 2 is 1.96 bits per heavy atom. The van der Waals surface area contributed by atoms with E-state index in [2.05, 4.69) is 10.2 Å². The zero-order valence-electron chi connectivity index (χ0n) is 13.0. The van der Waals surface area contributed by atoms with Crippen molar-refractivity contribution in [2.75, 3.05) is 39.3 Å². The Hall–Kier alpha value is -1.41. The van der Waals surface area contributed by atoms with Gasteiger partial charge in [0.2, 0.25) is 0 Å². The van der Waals surface area contributed by atoms with E-state index in [1.165, 1.54) is 11.3 Å². The summed E-state index contributed by atoms with van der Waals surface area (Å²) in [6, 6.07) is 5.33. The molecule has 0 atom stereocenters. The number of rotatable bonds is 5. The van der Waals surface area contributed by atoms with Crippen molar-refractivity contribution in [3.8, 4) is 0 Å². The maximum atomic E-state index is 12.3. The van der Waals surface area contributed by atoms with Crippen LogP contribution in [0, 0.1) is 0 Å². The van der Waals surface area contributed by atoms with Gasteiger partial charge in [-0.05, 0) is 23.6 Å². The van der Waals surface area contributed by atoms with Gasteiger partial charge in [-0.3, -0.25) is 14.5 Å². The molecular formula is C16H18ClN3O2S2. The smallest absolute Gasteiger partial charge is 0.261 e. The van der Waals surface area contributed by atoms with Gasteiger partial charge in [0.05, 0.1) is 14.8 Å². The number of nitrogens with zero attached hydrogens (tertiary/aromatic N) is 2. The molecule has 8 heteroatoms. The molecule has 0 unspecified atom stereocenters. The van der Waals surface area contributed by atoms with E-state index in [0.29, 0.717) is 15.8 Å². The zero-order valence-corrected chi connectivity index (χ0v) is 15.4. The van der Waals surface area contributed by atoms with E-state index in [0.717, 1.165) is 38.3 Å². The van der Waals surface area contributed by atoms with E-state index in [1.54, 1.807) is 23.5 Å². The Balaban J connectivity index is 1.38. The van der Waals surface area contributed by atoms with Gasteiger partial charge in [-0.2, -0.15) is 11.3 Å². The Kier molecular flexibility index (Phi) is 5.89. The molecule has 1 saturated heterocycles. The molecule has 5 nitrogen and oxygen atoms in total. The van der Waals surface area contributed by atoms with Crippen molar-refractivity contribution in [1.82, 2.24) is 15.1 Å². The van der Waals surface area contributed by atoms with Crippen molar-refractivity contribution in [1.29, 1.82) is 0 Å². The van der Waals surface area contributed by atoms with Crippen molar-refractivity contribution in [3.05, 3.63) is 43.7 Å². The quantitative estimate of drug-likeness (QED) is 0.863. The summed E-state index contributed by atoms with van der Waals surface area (Å²) in [4.78, 5) is 29.0. The summed E-state index contributed by atoms with van der Waals surface area (Å²) in [5, 5.41) is 6.72. The zero-order chi connectivity index (χ0) is 16.9. The number of hydrogen-bond acceptors (Lipinski definition) is 5. The van der Waals surface area contributed by atoms with Gasteiger partial charge in [-0.15, -0.1) is 11.3 Å². The minimum absolute atomic E-state index is 0.0850. The van der Waals surface area contributed by atoms with Crippen LogP contribution in [0.5, 0.6) is 0 Å². The molecule has 2 aromatic rings. The summed E-state index contributed by atoms with van der Waals surface area (Å²) in [6.07, 6.45) is 0. The molecular weight excluding hydrogens is 366 g/mol. The normalized spacial score (nSPS) is 15.5. The van der Waals surface area contributed by atoms with Gasteiger partial charge in [0.15, 0.2) is 0 Å². The number of thiophene rings is 2. The number of piperazine rings is 1. The van der Waals surface area contributed by atoms with Crippen LogP contribution in [0.25, 0.3) is 0 Å². The first-order valence-electron chi connectivity index (χ1n) is 7.71. The van der Waals surface area contributed by atoms with Crippen LogP contribution >= 0.6 is 34.3 Å². The molecule has 0 spiro atoms. The summed E-state index contributed by atoms with van der Waals surface area (Å²) in [5.41, 5.74) is 0.773. The molecule has 0 saturated carbocycles. The molecule has 24 heavy (non-hydrogen) atoms. The minimum atomic E-state index is -0.0850. The highest BCUT2D eigenvalue weighted by molar-refractivity contribution is 7.18. The Morgan fingerprint density at radius 1 is 1.17 bits per heavy atom. The van der Waals surface area contributed by atoms with Gasteiger partial charge in [0.1, 0.15) is 0 Å². The monoisotopic (exact) mass is 383 g/mol. The number of hydrogen-bond donors (Lipinski definition) is 1. The van der Waals surface area contributed by atoms with Crippen LogP contribution in [-0.2, 0) is 0 Å². The molecule has 2 aromatic heterocycles. The van der Waals surface area contributed by atoms with Crippen LogP contribution in [-0.4, -0.2) is 60.9 Å². The largest absolute Gasteiger partial charge is 0.350 e. The van der Waals surface area contributed by atoms with E-state index in [1.807, 2.05) is 21.7 Å². The van der Waals surface area contributed by atoms with Crippen molar-refractivity contribution in [3.63, 3.8) is 0 Å². The molecule has 2 amide bonds. The summed E-state index contributed by atoms with van der Waals surface area (Å²) in [7, 11) is 0. The molecule has 3 rings (SSSR count). The maximum Gasteiger partial charge on any atom is 0.261 e. The highest BCUT2D eigenvalue weighted by atomic mass is 35.5. The van der Waals surface area contributed by atoms with Crippen LogP contribution in [0.2, 0.25) is 4.34 Å². The average molecular weight is 384 g/mol. The predicted octanol–water partition coefficient (Wildman–Crippen LogP) is 2.65. The average Bonchev–Trinajstić information content (AvgIpc) is 3.26. The standard InChI is InChI=1S/C16H18ClN3O2S2/c17-14-2-1-13(24-14)15(21)18-4-5-19-6-8-20(9-7-19)16(22)12-3-10-23-11-12/h1-3,10-11H,4-9H2,(H,18,21). The third-order valence-electron chi connectivity index (χ3n) is 3.94. The van der Waals surface area contributed by atoms with Crippen molar-refractivity contribution in [2.45, 2.75) is 0 Å². The lowest BCUT2D eigenvalue weighted by molar-refractivity contribution is 0.0638. The Morgan fingerprint density at radius 3 is 2.58 bits per heavy atom. The highest BCUT2D eigenvalue weighted by Gasteiger charge is 2.22. The Labute approximate surface area is 153 Å². The lowest BCUT2D eigenvalue weighted by Crippen LogP contribution is -2.50. The third-order valence-corrected chi connectivity index (χ3v) is 5.85. The van der Waals surface area contributed by atoms with Crippen LogP contribution in [0.15, 0.2) is 29.0 Å². The fourth-order valence-electron chi connectivity index (χ4n) is 2.59. The molecule has 0 aromatic carbocycles. The molecule has 1 fully saturated rings. The van der Waals surface area contributed by atoms with Crippen molar-refractivity contribution in [2.24, 2.45) is 0 Å². The van der Waals surface area contributed by atoms with E-state index in [4.69, 9.17) is 11.6 Å². The second-order valence-corrected chi connectivity index (χ2v) is 8.00. The lowest BCUT2D eigenvalue weighted by Gasteiger charge is -2.34. The molecule has 128 valence electrons. The van der Waals surface area contributed by atoms with Gasteiger partial charge < -0.3 is 10.2 Å². The number of nitrogens with one attached hydrogen (secondary N) is 1. The highest BCUT2D eigenvalue weighted by Crippen LogP contribution is 2.21. The first-order chi connectivity index (χ1) is 11.6. The van der Waals surface area contributed by atoms with Gasteiger partial charge in [0.25, 0.3) is 11.8 Å². The van der Waals surface area contributed by atoms with E-state index >= 15 is 0 Å². The van der Waals surface area contributed by atoms with Gasteiger partial charge in [-0.25, -0.2) is 0 Å². The summed E-state index contributed by atoms with van der Waals surface area (Å²) < 4.78 is 0.617. The van der Waals surface area contributed by atoms with Crippen LogP contribution < -0.4 is 5.32 Å². The number of halogens is 1. The molecule has 0 bridgehead atoms. The topological polar surface area (TPSA) is 52.7 Å². The fraction of sp³-hybridized carbons (Fsp3) is 0.375. The molecule has 1 aliphatic heterocycles. The maximum absolute atomic E-state index is 12.3. The summed E-state index contributed by atoms with van der Waals surface area (Å²) in [5.74, 6) is 0.0250. The number of carbonyl (C=O) groups excluding carboxylic acids is 2. The van der Waals surface area contributed by atoms with Crippen LogP contribution in [0.3, 0.4) is 0 Å². The minimum Gasteiger partial charge on any atom is -0.350 e. The van der Waals surface area contributed by atoms with Gasteiger partial charge in [0, 0.05) is 44.6 Å². The van der Waals surface area contributed by atoms with E-state index in [9.17, 15) is 9.59 Å². The first-order valence-corrected chi connectivity index (χ1v) is 9.84. The van der Waals surface area contributed by atoms with E-state index < -0.39 is 0 Å². The summed E-state index contributed by atoms with van der Waals surface area (Å²) in [6.45, 7) is 4.48. The third kappa shape index (κ3) is 4.36. The molecule has 3 heterocycles. The van der Waals surface area contributed by atoms with Gasteiger partial charge in [-0.1, -0.05) is 11.6 Å². The SMILES string of the molecule is O=C(NCCN1CCN(C(=O)c2ccsc2)CC1)c1ccc(Cl)s1. The lowest BCUT2D eigenvalue weighted by atomic mass is 10.2. The molecule has 1 N–H and O–H groups in total. The second-order valence-electron chi connectivity index (χ2n) is 5.51. The number of amides is 2. The van der Waals surface area contributed by atoms with E-state index in [-0.39, 0.29) is 11.8 Å². The van der Waals surface area contributed by atoms with Crippen LogP contribution in [0.1, 0.15) is 20.0 Å². The van der Waals surface area contributed by atoms with Crippen molar-refractivity contribution >= 4 is 46.1 Å².